The summed E-state index contributed by atoms with van der Waals surface area (Å²) in [5.41, 5.74) is -1.62. The predicted molar refractivity (Wildman–Crippen MR) is 135 cm³/mol. The summed E-state index contributed by atoms with van der Waals surface area (Å²) in [5.74, 6) is 0. The van der Waals surface area contributed by atoms with Crippen LogP contribution in [-0.2, 0) is 31.7 Å². The molecular weight excluding hydrogens is 462 g/mol. The topological polar surface area (TPSA) is 80.3 Å². The van der Waals surface area contributed by atoms with E-state index >= 15 is 0 Å². The van der Waals surface area contributed by atoms with Gasteiger partial charge in [0.1, 0.15) is 0 Å². The third-order valence-corrected chi connectivity index (χ3v) is 11.0. The van der Waals surface area contributed by atoms with Crippen molar-refractivity contribution in [3.63, 3.8) is 0 Å². The molecule has 1 fully saturated rings. The molecule has 198 valence electrons. The zero-order chi connectivity index (χ0) is 25.6. The minimum atomic E-state index is -3.97. The maximum Gasteiger partial charge on any atom is 0.475 e. The van der Waals surface area contributed by atoms with Crippen molar-refractivity contribution >= 4 is 15.4 Å². The van der Waals surface area contributed by atoms with Crippen LogP contribution in [0.2, 0.25) is 0 Å². The molecule has 33 heavy (non-hydrogen) atoms. The van der Waals surface area contributed by atoms with Gasteiger partial charge in [-0.1, -0.05) is 67.2 Å². The van der Waals surface area contributed by atoms with Crippen molar-refractivity contribution in [3.05, 3.63) is 0 Å². The molecule has 1 rings (SSSR count). The molecule has 0 aromatic carbocycles. The molecule has 1 aliphatic heterocycles. The van der Waals surface area contributed by atoms with E-state index in [-0.39, 0.29) is 18.6 Å². The molecule has 7 nitrogen and oxygen atoms in total. The van der Waals surface area contributed by atoms with Crippen molar-refractivity contribution < 1.29 is 31.7 Å². The summed E-state index contributed by atoms with van der Waals surface area (Å²) in [4.78, 5) is 0. The Kier molecular flexibility index (Phi) is 11.4. The largest absolute Gasteiger partial charge is 0.475 e. The maximum atomic E-state index is 14.7. The van der Waals surface area contributed by atoms with Gasteiger partial charge in [-0.2, -0.15) is 0 Å². The highest BCUT2D eigenvalue weighted by atomic mass is 31.2. The molecule has 1 aliphatic rings. The summed E-state index contributed by atoms with van der Waals surface area (Å²) in [5, 5.41) is -1.55. The van der Waals surface area contributed by atoms with Gasteiger partial charge in [0.2, 0.25) is 0 Å². The third-order valence-electron chi connectivity index (χ3n) is 6.52. The lowest BCUT2D eigenvalue weighted by Crippen LogP contribution is -2.39. The van der Waals surface area contributed by atoms with Crippen LogP contribution in [0.1, 0.15) is 121 Å². The predicted octanol–water partition coefficient (Wildman–Crippen LogP) is 8.86. The molecule has 0 N–H and O–H groups in total. The lowest BCUT2D eigenvalue weighted by molar-refractivity contribution is -0.0452. The smallest absolute Gasteiger partial charge is 0.300 e. The van der Waals surface area contributed by atoms with Crippen molar-refractivity contribution in [3.8, 4) is 0 Å². The van der Waals surface area contributed by atoms with Crippen LogP contribution in [0, 0.1) is 5.41 Å². The first kappa shape index (κ1) is 31.3. The Hall–Kier alpha value is 0.260. The summed E-state index contributed by atoms with van der Waals surface area (Å²) in [6.45, 7) is 19.7. The van der Waals surface area contributed by atoms with Crippen LogP contribution in [-0.4, -0.2) is 29.8 Å². The SMILES string of the molecule is CCCCC(C)(CC)OP(=O)(OC(C)(CC)CCCC)C(C)(C)OP1(=O)OCC(C)(C)CO1. The van der Waals surface area contributed by atoms with Gasteiger partial charge in [-0.3, -0.25) is 18.1 Å². The van der Waals surface area contributed by atoms with Gasteiger partial charge in [0, 0.05) is 5.41 Å². The van der Waals surface area contributed by atoms with Crippen molar-refractivity contribution in [2.45, 2.75) is 137 Å². The second-order valence-corrected chi connectivity index (χ2v) is 15.2. The van der Waals surface area contributed by atoms with Crippen LogP contribution in [0.4, 0.5) is 0 Å². The number of rotatable bonds is 15. The number of phosphoric acid groups is 1. The Morgan fingerprint density at radius 2 is 1.24 bits per heavy atom. The molecule has 2 atom stereocenters. The molecule has 1 heterocycles. The molecule has 0 aromatic rings. The fraction of sp³-hybridized carbons (Fsp3) is 1.00. The van der Waals surface area contributed by atoms with Gasteiger partial charge in [-0.05, 0) is 53.4 Å². The van der Waals surface area contributed by atoms with Gasteiger partial charge in [0.05, 0.1) is 24.4 Å². The van der Waals surface area contributed by atoms with Gasteiger partial charge >= 0.3 is 15.4 Å². The van der Waals surface area contributed by atoms with Crippen LogP contribution < -0.4 is 0 Å². The third kappa shape index (κ3) is 9.01. The Labute approximate surface area is 203 Å². The fourth-order valence-corrected chi connectivity index (χ4v) is 7.98. The molecule has 1 saturated heterocycles. The maximum absolute atomic E-state index is 14.7. The van der Waals surface area contributed by atoms with E-state index in [1.807, 2.05) is 41.5 Å². The van der Waals surface area contributed by atoms with Crippen LogP contribution in [0.15, 0.2) is 0 Å². The van der Waals surface area contributed by atoms with Gasteiger partial charge in [0.15, 0.2) is 5.34 Å². The van der Waals surface area contributed by atoms with E-state index in [2.05, 4.69) is 13.8 Å². The molecule has 0 saturated carbocycles. The molecule has 0 spiro atoms. The van der Waals surface area contributed by atoms with Gasteiger partial charge in [0.25, 0.3) is 0 Å². The number of hydrogen-bond donors (Lipinski definition) is 0. The number of phosphoric ester groups is 1. The van der Waals surface area contributed by atoms with E-state index in [0.29, 0.717) is 12.8 Å². The number of hydrogen-bond acceptors (Lipinski definition) is 7. The number of unbranched alkanes of at least 4 members (excludes halogenated alkanes) is 2. The van der Waals surface area contributed by atoms with E-state index in [9.17, 15) is 9.13 Å². The average Bonchev–Trinajstić information content (AvgIpc) is 2.73. The van der Waals surface area contributed by atoms with Gasteiger partial charge < -0.3 is 9.05 Å². The zero-order valence-corrected chi connectivity index (χ0v) is 24.6. The first-order valence-corrected chi connectivity index (χ1v) is 15.6. The van der Waals surface area contributed by atoms with Crippen LogP contribution >= 0.6 is 15.4 Å². The quantitative estimate of drug-likeness (QED) is 0.203. The Morgan fingerprint density at radius 1 is 0.848 bits per heavy atom. The van der Waals surface area contributed by atoms with E-state index in [0.717, 1.165) is 38.5 Å². The Bertz CT molecular complexity index is 667. The molecule has 9 heteroatoms. The molecule has 0 bridgehead atoms. The van der Waals surface area contributed by atoms with Crippen molar-refractivity contribution in [2.75, 3.05) is 13.2 Å². The molecule has 0 aromatic heterocycles. The highest BCUT2D eigenvalue weighted by Crippen LogP contribution is 2.71. The summed E-state index contributed by atoms with van der Waals surface area (Å²) < 4.78 is 57.8. The second-order valence-electron chi connectivity index (χ2n) is 11.2. The average molecular weight is 513 g/mol. The molecule has 2 unspecified atom stereocenters. The van der Waals surface area contributed by atoms with Crippen LogP contribution in [0.3, 0.4) is 0 Å². The summed E-state index contributed by atoms with van der Waals surface area (Å²) in [6.07, 6.45) is 6.67. The summed E-state index contributed by atoms with van der Waals surface area (Å²) in [6, 6.07) is 0. The minimum absolute atomic E-state index is 0.221. The van der Waals surface area contributed by atoms with E-state index < -0.39 is 32.0 Å². The van der Waals surface area contributed by atoms with Crippen molar-refractivity contribution in [1.29, 1.82) is 0 Å². The van der Waals surface area contributed by atoms with E-state index in [4.69, 9.17) is 22.6 Å². The molecule has 0 aliphatic carbocycles. The Balaban J connectivity index is 3.34. The molecule has 0 amide bonds. The standard InChI is InChI=1S/C24H50O7P2/c1-11-15-17-23(9,13-3)30-32(25,31-24(10,14-4)18-16-12-2)22(7,8)29-33(26)27-19-21(5,6)20-28-33/h11-20H2,1-10H3. The first-order valence-electron chi connectivity index (χ1n) is 12.6. The first-order chi connectivity index (χ1) is 15.0. The van der Waals surface area contributed by atoms with Crippen LogP contribution in [0.5, 0.6) is 0 Å². The van der Waals surface area contributed by atoms with E-state index in [1.165, 1.54) is 0 Å². The monoisotopic (exact) mass is 512 g/mol. The highest BCUT2D eigenvalue weighted by molar-refractivity contribution is 7.56. The fourth-order valence-electron chi connectivity index (χ4n) is 3.46. The van der Waals surface area contributed by atoms with Crippen molar-refractivity contribution in [2.24, 2.45) is 5.41 Å². The second kappa shape index (κ2) is 12.0. The van der Waals surface area contributed by atoms with Crippen LogP contribution in [0.25, 0.3) is 0 Å². The molecule has 0 radical (unpaired) electrons. The lowest BCUT2D eigenvalue weighted by Gasteiger charge is -2.44. The lowest BCUT2D eigenvalue weighted by atomic mass is 9.96. The van der Waals surface area contributed by atoms with E-state index in [1.54, 1.807) is 13.8 Å². The van der Waals surface area contributed by atoms with Gasteiger partial charge in [-0.25, -0.2) is 4.57 Å². The summed E-state index contributed by atoms with van der Waals surface area (Å²) >= 11 is 0. The molecular formula is C24H50O7P2. The zero-order valence-electron chi connectivity index (χ0n) is 22.8. The highest BCUT2D eigenvalue weighted by Gasteiger charge is 2.56. The normalized spacial score (nSPS) is 23.9. The minimum Gasteiger partial charge on any atom is -0.300 e. The van der Waals surface area contributed by atoms with Gasteiger partial charge in [-0.15, -0.1) is 0 Å². The van der Waals surface area contributed by atoms with Crippen molar-refractivity contribution in [1.82, 2.24) is 0 Å². The Morgan fingerprint density at radius 3 is 1.58 bits per heavy atom. The summed E-state index contributed by atoms with van der Waals surface area (Å²) in [7, 11) is -7.91.